The number of rotatable bonds is 5. The second kappa shape index (κ2) is 8.65. The molecule has 34 heavy (non-hydrogen) atoms. The van der Waals surface area contributed by atoms with Crippen LogP contribution >= 0.6 is 11.6 Å². The fraction of sp³-hybridized carbons (Fsp3) is 0.280. The number of fused-ring (bicyclic) bond motifs is 2. The van der Waals surface area contributed by atoms with Crippen molar-refractivity contribution in [1.82, 2.24) is 15.0 Å². The number of halogens is 1. The zero-order valence-corrected chi connectivity index (χ0v) is 18.9. The van der Waals surface area contributed by atoms with Gasteiger partial charge in [0, 0.05) is 12.1 Å². The highest BCUT2D eigenvalue weighted by molar-refractivity contribution is 6.33. The number of aliphatic hydroxyl groups is 1. The number of nitrogens with two attached hydrogens (primary N) is 1. The van der Waals surface area contributed by atoms with Crippen molar-refractivity contribution >= 4 is 22.8 Å². The van der Waals surface area contributed by atoms with Gasteiger partial charge in [-0.25, -0.2) is 4.98 Å². The maximum Gasteiger partial charge on any atom is 0.296 e. The third kappa shape index (κ3) is 3.83. The predicted molar refractivity (Wildman–Crippen MR) is 128 cm³/mol. The molecule has 4 N–H and O–H groups in total. The van der Waals surface area contributed by atoms with Gasteiger partial charge in [0.2, 0.25) is 0 Å². The molecular formula is C25H23ClN4O4. The van der Waals surface area contributed by atoms with Gasteiger partial charge in [0.1, 0.15) is 23.8 Å². The highest BCUT2D eigenvalue weighted by Crippen LogP contribution is 2.33. The Kier molecular flexibility index (Phi) is 5.47. The Bertz CT molecular complexity index is 1330. The Balaban J connectivity index is 1.24. The van der Waals surface area contributed by atoms with Crippen molar-refractivity contribution in [2.24, 2.45) is 5.73 Å². The van der Waals surface area contributed by atoms with Crippen LogP contribution in [0.15, 0.2) is 54.6 Å². The third-order valence-corrected chi connectivity index (χ3v) is 6.62. The number of nitrogens with zero attached hydrogens (tertiary/aromatic N) is 2. The highest BCUT2D eigenvalue weighted by Gasteiger charge is 2.48. The Labute approximate surface area is 200 Å². The quantitative estimate of drug-likeness (QED) is 0.403. The molecule has 4 atom stereocenters. The summed E-state index contributed by atoms with van der Waals surface area (Å²) in [6, 6.07) is 18.4. The molecule has 9 heteroatoms. The SMILES string of the molecule is NCc1ccc(-c2ccc(-c3nc4[nH]c(O[C@@H]5CO[C@H]6[C@@H]5OC[C@H]6O)nc4cc3Cl)cc2)cc1. The number of aliphatic hydroxyl groups excluding tert-OH is 1. The summed E-state index contributed by atoms with van der Waals surface area (Å²) >= 11 is 6.56. The Morgan fingerprint density at radius 3 is 2.38 bits per heavy atom. The van der Waals surface area contributed by atoms with Crippen molar-refractivity contribution in [3.63, 3.8) is 0 Å². The summed E-state index contributed by atoms with van der Waals surface area (Å²) in [5.74, 6) is 0. The molecule has 0 bridgehead atoms. The van der Waals surface area contributed by atoms with E-state index in [1.165, 1.54) is 0 Å². The molecule has 2 aliphatic rings. The molecule has 2 fully saturated rings. The lowest BCUT2D eigenvalue weighted by molar-refractivity contribution is 0.00706. The molecule has 2 saturated heterocycles. The van der Waals surface area contributed by atoms with E-state index in [0.29, 0.717) is 41.0 Å². The van der Waals surface area contributed by atoms with E-state index in [0.717, 1.165) is 22.3 Å². The zero-order valence-electron chi connectivity index (χ0n) is 18.1. The number of aromatic amines is 1. The van der Waals surface area contributed by atoms with Gasteiger partial charge in [-0.2, -0.15) is 4.98 Å². The van der Waals surface area contributed by atoms with E-state index >= 15 is 0 Å². The fourth-order valence-electron chi connectivity index (χ4n) is 4.50. The molecule has 2 aliphatic heterocycles. The van der Waals surface area contributed by atoms with E-state index in [-0.39, 0.29) is 24.9 Å². The summed E-state index contributed by atoms with van der Waals surface area (Å²) in [6.45, 7) is 1.09. The smallest absolute Gasteiger partial charge is 0.296 e. The number of hydrogen-bond acceptors (Lipinski definition) is 7. The van der Waals surface area contributed by atoms with Crippen LogP contribution in [0.2, 0.25) is 5.02 Å². The molecule has 4 heterocycles. The monoisotopic (exact) mass is 478 g/mol. The lowest BCUT2D eigenvalue weighted by Gasteiger charge is -2.15. The molecular weight excluding hydrogens is 456 g/mol. The summed E-state index contributed by atoms with van der Waals surface area (Å²) in [6.07, 6.45) is -1.67. The Morgan fingerprint density at radius 1 is 0.971 bits per heavy atom. The van der Waals surface area contributed by atoms with Crippen LogP contribution in [0, 0.1) is 0 Å². The van der Waals surface area contributed by atoms with Crippen molar-refractivity contribution in [2.75, 3.05) is 13.2 Å². The van der Waals surface area contributed by atoms with Crippen molar-refractivity contribution in [3.8, 4) is 28.4 Å². The van der Waals surface area contributed by atoms with Gasteiger partial charge >= 0.3 is 0 Å². The lowest BCUT2D eigenvalue weighted by atomic mass is 10.0. The van der Waals surface area contributed by atoms with E-state index in [2.05, 4.69) is 22.1 Å². The molecule has 2 aromatic heterocycles. The van der Waals surface area contributed by atoms with Crippen molar-refractivity contribution < 1.29 is 19.3 Å². The van der Waals surface area contributed by atoms with Crippen LogP contribution in [-0.4, -0.2) is 57.7 Å². The molecule has 4 aromatic rings. The summed E-state index contributed by atoms with van der Waals surface area (Å²) in [7, 11) is 0. The number of benzene rings is 2. The summed E-state index contributed by atoms with van der Waals surface area (Å²) in [5, 5.41) is 10.4. The number of ether oxygens (including phenoxy) is 3. The van der Waals surface area contributed by atoms with Gasteiger partial charge in [-0.05, 0) is 22.8 Å². The standard InChI is InChI=1S/C25H23ClN4O4/c26-17-9-18-24(30-25(28-18)34-20-12-33-22-19(31)11-32-23(20)22)29-21(17)16-7-5-15(6-8-16)14-3-1-13(10-27)2-4-14/h1-9,19-20,22-23,31H,10-12,27H2,(H,28,29,30)/t19-,20-,22-,23-/m1/s1. The average molecular weight is 479 g/mol. The molecule has 2 aromatic carbocycles. The second-order valence-corrected chi connectivity index (χ2v) is 8.93. The number of aromatic nitrogens is 3. The van der Waals surface area contributed by atoms with Gasteiger partial charge < -0.3 is 25.1 Å². The van der Waals surface area contributed by atoms with Crippen LogP contribution in [0.4, 0.5) is 0 Å². The van der Waals surface area contributed by atoms with Gasteiger partial charge in [-0.15, -0.1) is 0 Å². The van der Waals surface area contributed by atoms with E-state index in [1.807, 2.05) is 36.4 Å². The Morgan fingerprint density at radius 2 is 1.65 bits per heavy atom. The molecule has 8 nitrogen and oxygen atoms in total. The minimum absolute atomic E-state index is 0.244. The first-order valence-corrected chi connectivity index (χ1v) is 11.5. The van der Waals surface area contributed by atoms with Crippen molar-refractivity contribution in [3.05, 3.63) is 65.2 Å². The van der Waals surface area contributed by atoms with E-state index < -0.39 is 6.10 Å². The zero-order chi connectivity index (χ0) is 23.2. The highest BCUT2D eigenvalue weighted by atomic mass is 35.5. The van der Waals surface area contributed by atoms with Crippen LogP contribution < -0.4 is 10.5 Å². The second-order valence-electron chi connectivity index (χ2n) is 8.53. The predicted octanol–water partition coefficient (Wildman–Crippen LogP) is 3.31. The number of H-pyrrole nitrogens is 1. The Hall–Kier alpha value is -3.01. The molecule has 0 aliphatic carbocycles. The summed E-state index contributed by atoms with van der Waals surface area (Å²) in [5.41, 5.74) is 11.7. The van der Waals surface area contributed by atoms with Crippen molar-refractivity contribution in [2.45, 2.75) is 31.0 Å². The largest absolute Gasteiger partial charge is 0.456 e. The van der Waals surface area contributed by atoms with Gasteiger partial charge in [0.15, 0.2) is 11.8 Å². The first kappa shape index (κ1) is 21.5. The maximum atomic E-state index is 9.91. The molecule has 0 spiro atoms. The van der Waals surface area contributed by atoms with Crippen LogP contribution in [0.1, 0.15) is 5.56 Å². The van der Waals surface area contributed by atoms with E-state index in [4.69, 9.17) is 36.5 Å². The van der Waals surface area contributed by atoms with Gasteiger partial charge in [-0.1, -0.05) is 60.1 Å². The number of nitrogens with one attached hydrogen (secondary N) is 1. The number of hydrogen-bond donors (Lipinski definition) is 3. The fourth-order valence-corrected chi connectivity index (χ4v) is 4.75. The first-order chi connectivity index (χ1) is 16.6. The van der Waals surface area contributed by atoms with Gasteiger partial charge in [-0.3, -0.25) is 4.98 Å². The maximum absolute atomic E-state index is 9.91. The van der Waals surface area contributed by atoms with Crippen molar-refractivity contribution in [1.29, 1.82) is 0 Å². The minimum atomic E-state index is -0.631. The van der Waals surface area contributed by atoms with Gasteiger partial charge in [0.25, 0.3) is 6.01 Å². The normalized spacial score (nSPS) is 24.0. The first-order valence-electron chi connectivity index (χ1n) is 11.1. The van der Waals surface area contributed by atoms with Crippen LogP contribution in [0.25, 0.3) is 33.5 Å². The molecule has 0 amide bonds. The topological polar surface area (TPSA) is 116 Å². The number of imidazole rings is 1. The third-order valence-electron chi connectivity index (χ3n) is 6.33. The minimum Gasteiger partial charge on any atom is -0.456 e. The van der Waals surface area contributed by atoms with Gasteiger partial charge in [0.05, 0.1) is 23.9 Å². The van der Waals surface area contributed by atoms with E-state index in [9.17, 15) is 5.11 Å². The average Bonchev–Trinajstić information content (AvgIpc) is 3.55. The number of pyridine rings is 1. The molecule has 0 radical (unpaired) electrons. The summed E-state index contributed by atoms with van der Waals surface area (Å²) in [4.78, 5) is 12.3. The molecule has 0 unspecified atom stereocenters. The lowest BCUT2D eigenvalue weighted by Crippen LogP contribution is -2.34. The molecule has 6 rings (SSSR count). The van der Waals surface area contributed by atoms with Crippen LogP contribution in [-0.2, 0) is 16.0 Å². The molecule has 174 valence electrons. The van der Waals surface area contributed by atoms with E-state index in [1.54, 1.807) is 6.07 Å². The summed E-state index contributed by atoms with van der Waals surface area (Å²) < 4.78 is 17.2. The van der Waals surface area contributed by atoms with Crippen LogP contribution in [0.3, 0.4) is 0 Å². The molecule has 0 saturated carbocycles. The van der Waals surface area contributed by atoms with Crippen LogP contribution in [0.5, 0.6) is 6.01 Å².